The highest BCUT2D eigenvalue weighted by atomic mass is 19.4. The van der Waals surface area contributed by atoms with E-state index in [1.165, 1.54) is 18.2 Å². The number of amides is 3. The third kappa shape index (κ3) is 5.77. The lowest BCUT2D eigenvalue weighted by Gasteiger charge is -2.35. The molecule has 0 radical (unpaired) electrons. The number of likely N-dealkylation sites (tertiary alicyclic amines) is 1. The Bertz CT molecular complexity index is 555. The summed E-state index contributed by atoms with van der Waals surface area (Å²) >= 11 is 0. The molecule has 3 amide bonds. The van der Waals surface area contributed by atoms with E-state index >= 15 is 0 Å². The molecule has 2 aliphatic rings. The Balaban J connectivity index is 1.89. The van der Waals surface area contributed by atoms with Gasteiger partial charge in [0, 0.05) is 32.0 Å². The second kappa shape index (κ2) is 7.90. The van der Waals surface area contributed by atoms with Crippen molar-refractivity contribution in [1.29, 1.82) is 0 Å². The summed E-state index contributed by atoms with van der Waals surface area (Å²) in [7, 11) is 0. The second-order valence-corrected chi connectivity index (χ2v) is 6.04. The fourth-order valence-electron chi connectivity index (χ4n) is 2.91. The van der Waals surface area contributed by atoms with Gasteiger partial charge in [0.15, 0.2) is 5.72 Å². The van der Waals surface area contributed by atoms with Crippen LogP contribution in [0.2, 0.25) is 0 Å². The van der Waals surface area contributed by atoms with Crippen molar-refractivity contribution in [1.82, 2.24) is 15.5 Å². The molecule has 0 aromatic heterocycles. The summed E-state index contributed by atoms with van der Waals surface area (Å²) in [6.45, 7) is 2.82. The van der Waals surface area contributed by atoms with E-state index < -0.39 is 18.1 Å². The molecular weight excluding hydrogens is 339 g/mol. The highest BCUT2D eigenvalue weighted by molar-refractivity contribution is 5.76. The van der Waals surface area contributed by atoms with Gasteiger partial charge >= 0.3 is 12.4 Å². The third-order valence-electron chi connectivity index (χ3n) is 4.14. The summed E-state index contributed by atoms with van der Waals surface area (Å²) in [4.78, 5) is 25.5. The lowest BCUT2D eigenvalue weighted by Crippen LogP contribution is -2.57. The zero-order chi connectivity index (χ0) is 18.5. The summed E-state index contributed by atoms with van der Waals surface area (Å²) in [5, 5.41) is 4.93. The number of carbonyl (C=O) groups is 2. The van der Waals surface area contributed by atoms with E-state index in [1.807, 2.05) is 0 Å². The number of piperidine rings is 1. The van der Waals surface area contributed by atoms with Gasteiger partial charge in [-0.3, -0.25) is 9.53 Å². The van der Waals surface area contributed by atoms with Crippen LogP contribution in [-0.2, 0) is 9.53 Å². The van der Waals surface area contributed by atoms with E-state index in [9.17, 15) is 22.8 Å². The Morgan fingerprint density at radius 3 is 2.48 bits per heavy atom. The molecule has 0 aromatic rings. The van der Waals surface area contributed by atoms with Crippen LogP contribution in [0.4, 0.5) is 18.0 Å². The first-order chi connectivity index (χ1) is 11.7. The quantitative estimate of drug-likeness (QED) is 0.756. The number of nitrogens with one attached hydrogen (secondary N) is 2. The summed E-state index contributed by atoms with van der Waals surface area (Å²) in [5.74, 6) is 0.0551. The fraction of sp³-hybridized carbons (Fsp3) is 0.625. The standard InChI is InChI=1S/C16H22F3N3O3/c1-2-13(23)22-10-6-12(7-11-22)20-14(24)21-15(25-16(17,18)19)8-4-3-5-9-15/h3-5,8,12H,2,6-7,9-11H2,1H3,(H2,20,21,24). The number of hydrogen-bond acceptors (Lipinski definition) is 3. The Labute approximate surface area is 144 Å². The molecule has 25 heavy (non-hydrogen) atoms. The van der Waals surface area contributed by atoms with E-state index in [0.717, 1.165) is 0 Å². The maximum atomic E-state index is 12.7. The molecule has 140 valence electrons. The average Bonchev–Trinajstić information content (AvgIpc) is 2.53. The number of alkyl halides is 3. The van der Waals surface area contributed by atoms with E-state index in [2.05, 4.69) is 15.4 Å². The van der Waals surface area contributed by atoms with Crippen LogP contribution in [-0.4, -0.2) is 48.1 Å². The van der Waals surface area contributed by atoms with Crippen molar-refractivity contribution in [2.24, 2.45) is 0 Å². The lowest BCUT2D eigenvalue weighted by molar-refractivity contribution is -0.361. The van der Waals surface area contributed by atoms with Gasteiger partial charge < -0.3 is 15.5 Å². The number of rotatable bonds is 4. The molecule has 1 aliphatic carbocycles. The molecule has 0 saturated carbocycles. The summed E-state index contributed by atoms with van der Waals surface area (Å²) in [6.07, 6.45) is 2.17. The molecule has 0 bridgehead atoms. The van der Waals surface area contributed by atoms with Crippen molar-refractivity contribution in [3.05, 3.63) is 24.3 Å². The van der Waals surface area contributed by atoms with Gasteiger partial charge in [-0.15, -0.1) is 13.2 Å². The van der Waals surface area contributed by atoms with Crippen molar-refractivity contribution in [3.8, 4) is 0 Å². The lowest BCUT2D eigenvalue weighted by atomic mass is 10.0. The highest BCUT2D eigenvalue weighted by Gasteiger charge is 2.43. The molecule has 1 aliphatic heterocycles. The largest absolute Gasteiger partial charge is 0.524 e. The number of urea groups is 1. The first-order valence-corrected chi connectivity index (χ1v) is 8.21. The molecule has 1 heterocycles. The molecule has 0 aromatic carbocycles. The summed E-state index contributed by atoms with van der Waals surface area (Å²) in [5.41, 5.74) is -1.95. The Morgan fingerprint density at radius 2 is 1.96 bits per heavy atom. The van der Waals surface area contributed by atoms with Crippen LogP contribution in [0.25, 0.3) is 0 Å². The molecule has 1 unspecified atom stereocenters. The van der Waals surface area contributed by atoms with E-state index in [0.29, 0.717) is 32.4 Å². The van der Waals surface area contributed by atoms with E-state index in [1.54, 1.807) is 17.9 Å². The average molecular weight is 361 g/mol. The maximum Gasteiger partial charge on any atom is 0.524 e. The van der Waals surface area contributed by atoms with Gasteiger partial charge in [-0.1, -0.05) is 25.2 Å². The Hall–Kier alpha value is -2.03. The first kappa shape index (κ1) is 19.3. The van der Waals surface area contributed by atoms with Gasteiger partial charge in [0.25, 0.3) is 0 Å². The Morgan fingerprint density at radius 1 is 1.28 bits per heavy atom. The maximum absolute atomic E-state index is 12.7. The highest BCUT2D eigenvalue weighted by Crippen LogP contribution is 2.29. The summed E-state index contributed by atoms with van der Waals surface area (Å²) in [6, 6.07) is -0.934. The molecule has 2 N–H and O–H groups in total. The molecule has 2 rings (SSSR count). The number of nitrogens with zero attached hydrogens (tertiary/aromatic N) is 1. The predicted octanol–water partition coefficient (Wildman–Crippen LogP) is 2.44. The number of hydrogen-bond donors (Lipinski definition) is 2. The van der Waals surface area contributed by atoms with Crippen molar-refractivity contribution < 1.29 is 27.5 Å². The first-order valence-electron chi connectivity index (χ1n) is 8.21. The predicted molar refractivity (Wildman–Crippen MR) is 84.3 cm³/mol. The van der Waals surface area contributed by atoms with Crippen LogP contribution in [0.15, 0.2) is 24.3 Å². The van der Waals surface area contributed by atoms with Crippen molar-refractivity contribution >= 4 is 11.9 Å². The normalized spacial score (nSPS) is 24.2. The van der Waals surface area contributed by atoms with Crippen LogP contribution in [0.3, 0.4) is 0 Å². The van der Waals surface area contributed by atoms with Crippen LogP contribution in [0.5, 0.6) is 0 Å². The molecule has 1 fully saturated rings. The Kier molecular flexibility index (Phi) is 6.10. The molecular formula is C16H22F3N3O3. The van der Waals surface area contributed by atoms with Crippen molar-refractivity contribution in [2.75, 3.05) is 13.1 Å². The van der Waals surface area contributed by atoms with Crippen molar-refractivity contribution in [2.45, 2.75) is 50.7 Å². The molecule has 1 saturated heterocycles. The van der Waals surface area contributed by atoms with Crippen LogP contribution >= 0.6 is 0 Å². The number of allylic oxidation sites excluding steroid dienone is 2. The number of carbonyl (C=O) groups excluding carboxylic acids is 2. The minimum atomic E-state index is -4.88. The van der Waals surface area contributed by atoms with Gasteiger partial charge in [0.2, 0.25) is 5.91 Å². The zero-order valence-corrected chi connectivity index (χ0v) is 13.9. The van der Waals surface area contributed by atoms with Crippen molar-refractivity contribution in [3.63, 3.8) is 0 Å². The second-order valence-electron chi connectivity index (χ2n) is 6.04. The van der Waals surface area contributed by atoms with Gasteiger partial charge in [-0.2, -0.15) is 0 Å². The molecule has 1 atom stereocenters. The molecule has 9 heteroatoms. The van der Waals surface area contributed by atoms with Gasteiger partial charge in [-0.05, 0) is 18.9 Å². The SMILES string of the molecule is CCC(=O)N1CCC(NC(=O)NC2(OC(F)(F)F)C=CC=CC2)CC1. The fourth-order valence-corrected chi connectivity index (χ4v) is 2.91. The molecule has 0 spiro atoms. The van der Waals surface area contributed by atoms with E-state index in [-0.39, 0.29) is 18.4 Å². The number of ether oxygens (including phenoxy) is 1. The third-order valence-corrected chi connectivity index (χ3v) is 4.14. The topological polar surface area (TPSA) is 70.7 Å². The smallest absolute Gasteiger partial charge is 0.343 e. The zero-order valence-electron chi connectivity index (χ0n) is 13.9. The van der Waals surface area contributed by atoms with Crippen LogP contribution in [0, 0.1) is 0 Å². The van der Waals surface area contributed by atoms with Gasteiger partial charge in [0.05, 0.1) is 0 Å². The monoisotopic (exact) mass is 361 g/mol. The van der Waals surface area contributed by atoms with E-state index in [4.69, 9.17) is 0 Å². The summed E-state index contributed by atoms with van der Waals surface area (Å²) < 4.78 is 42.1. The van der Waals surface area contributed by atoms with Crippen LogP contribution < -0.4 is 10.6 Å². The van der Waals surface area contributed by atoms with Gasteiger partial charge in [0.1, 0.15) is 0 Å². The number of halogens is 3. The molecule has 6 nitrogen and oxygen atoms in total. The minimum Gasteiger partial charge on any atom is -0.343 e. The van der Waals surface area contributed by atoms with Crippen LogP contribution in [0.1, 0.15) is 32.6 Å². The minimum absolute atomic E-state index is 0.0551. The van der Waals surface area contributed by atoms with Gasteiger partial charge in [-0.25, -0.2) is 4.79 Å².